The molecule has 0 saturated heterocycles. The van der Waals surface area contributed by atoms with Crippen LogP contribution in [-0.4, -0.2) is 34.9 Å². The molecule has 10 heteroatoms. The quantitative estimate of drug-likeness (QED) is 0.291. The second-order valence-corrected chi connectivity index (χ2v) is 11.3. The fraction of sp³-hybridized carbons (Fsp3) is 0.208. The van der Waals surface area contributed by atoms with E-state index in [4.69, 9.17) is 4.74 Å². The molecule has 0 fully saturated rings. The number of aromatic hydroxyl groups is 1. The maximum Gasteiger partial charge on any atom is 0.283 e. The molecular formula is C24H26N2O6S2. The maximum atomic E-state index is 13.2. The highest BCUT2D eigenvalue weighted by molar-refractivity contribution is 7.91. The first kappa shape index (κ1) is 25.3. The molecule has 0 spiro atoms. The van der Waals surface area contributed by atoms with Crippen molar-refractivity contribution < 1.29 is 26.7 Å². The summed E-state index contributed by atoms with van der Waals surface area (Å²) in [6, 6.07) is 13.4. The standard InChI is InChI=1S/C24H26N2O6S2/c1-15-6-10-21(11-7-15)34(30,31)26-18(4)25-22-14-23(24(27)17(3)16(22)2)33(28,29)20-12-8-19(32-5)9-13-20/h6-14,27H,1-5H3,(H,25,26). The van der Waals surface area contributed by atoms with E-state index in [0.717, 1.165) is 5.56 Å². The molecule has 0 radical (unpaired) electrons. The first-order chi connectivity index (χ1) is 15.9. The second kappa shape index (κ2) is 9.47. The van der Waals surface area contributed by atoms with E-state index in [1.165, 1.54) is 56.5 Å². The number of benzene rings is 3. The predicted octanol–water partition coefficient (Wildman–Crippen LogP) is 4.38. The van der Waals surface area contributed by atoms with Crippen LogP contribution in [0.5, 0.6) is 11.5 Å². The number of ether oxygens (including phenoxy) is 1. The van der Waals surface area contributed by atoms with Gasteiger partial charge in [-0.05, 0) is 81.3 Å². The van der Waals surface area contributed by atoms with Gasteiger partial charge in [-0.2, -0.15) is 8.42 Å². The zero-order chi connectivity index (χ0) is 25.3. The normalized spacial score (nSPS) is 12.4. The van der Waals surface area contributed by atoms with Crippen molar-refractivity contribution in [2.45, 2.75) is 42.4 Å². The minimum Gasteiger partial charge on any atom is -0.506 e. The van der Waals surface area contributed by atoms with Crippen molar-refractivity contribution in [2.24, 2.45) is 4.40 Å². The van der Waals surface area contributed by atoms with E-state index >= 15 is 0 Å². The maximum absolute atomic E-state index is 13.2. The topological polar surface area (TPSA) is 122 Å². The van der Waals surface area contributed by atoms with Crippen LogP contribution in [0, 0.1) is 20.8 Å². The number of hydrogen-bond donors (Lipinski definition) is 2. The lowest BCUT2D eigenvalue weighted by molar-refractivity contribution is 0.414. The number of nitrogens with zero attached hydrogens (tertiary/aromatic N) is 1. The van der Waals surface area contributed by atoms with E-state index in [2.05, 4.69) is 9.71 Å². The summed E-state index contributed by atoms with van der Waals surface area (Å²) in [5, 5.41) is 13.5. The highest BCUT2D eigenvalue weighted by Crippen LogP contribution is 2.37. The lowest BCUT2D eigenvalue weighted by atomic mass is 10.1. The smallest absolute Gasteiger partial charge is 0.283 e. The van der Waals surface area contributed by atoms with Crippen LogP contribution in [0.25, 0.3) is 0 Å². The number of hydrogen-bond acceptors (Lipinski definition) is 6. The fourth-order valence-electron chi connectivity index (χ4n) is 3.25. The van der Waals surface area contributed by atoms with Gasteiger partial charge in [0.1, 0.15) is 22.2 Å². The zero-order valence-corrected chi connectivity index (χ0v) is 21.1. The number of nitrogens with one attached hydrogen (secondary N) is 1. The van der Waals surface area contributed by atoms with Crippen molar-refractivity contribution in [3.63, 3.8) is 0 Å². The van der Waals surface area contributed by atoms with Crippen LogP contribution in [0.2, 0.25) is 0 Å². The number of phenolic OH excluding ortho intramolecular Hbond substituents is 1. The van der Waals surface area contributed by atoms with Gasteiger partial charge in [-0.3, -0.25) is 0 Å². The Morgan fingerprint density at radius 3 is 2.00 bits per heavy atom. The Morgan fingerprint density at radius 1 is 0.882 bits per heavy atom. The van der Waals surface area contributed by atoms with Crippen LogP contribution in [0.1, 0.15) is 23.6 Å². The summed E-state index contributed by atoms with van der Waals surface area (Å²) in [5.74, 6) is 0.162. The average Bonchev–Trinajstić information content (AvgIpc) is 2.79. The lowest BCUT2D eigenvalue weighted by Crippen LogP contribution is -2.13. The summed E-state index contributed by atoms with van der Waals surface area (Å²) in [4.78, 5) is -0.289. The molecule has 34 heavy (non-hydrogen) atoms. The summed E-state index contributed by atoms with van der Waals surface area (Å²) in [7, 11) is -6.58. The zero-order valence-electron chi connectivity index (χ0n) is 19.4. The van der Waals surface area contributed by atoms with Gasteiger partial charge in [0.2, 0.25) is 9.84 Å². The highest BCUT2D eigenvalue weighted by Gasteiger charge is 2.25. The highest BCUT2D eigenvalue weighted by atomic mass is 32.2. The summed E-state index contributed by atoms with van der Waals surface area (Å²) in [5.41, 5.74) is 2.11. The number of phenols is 1. The minimum atomic E-state index is -4.08. The van der Waals surface area contributed by atoms with Crippen molar-refractivity contribution in [3.8, 4) is 11.5 Å². The monoisotopic (exact) mass is 502 g/mol. The third kappa shape index (κ3) is 5.07. The molecule has 0 unspecified atom stereocenters. The van der Waals surface area contributed by atoms with E-state index in [-0.39, 0.29) is 26.3 Å². The Hall–Kier alpha value is -3.37. The van der Waals surface area contributed by atoms with Gasteiger partial charge in [0.15, 0.2) is 0 Å². The molecule has 0 aliphatic carbocycles. The molecule has 2 N–H and O–H groups in total. The van der Waals surface area contributed by atoms with E-state index < -0.39 is 19.9 Å². The molecule has 0 aliphatic heterocycles. The molecule has 0 atom stereocenters. The molecular weight excluding hydrogens is 476 g/mol. The number of rotatable bonds is 6. The van der Waals surface area contributed by atoms with E-state index in [1.807, 2.05) is 6.92 Å². The molecule has 0 heterocycles. The number of anilines is 1. The van der Waals surface area contributed by atoms with Crippen molar-refractivity contribution >= 4 is 31.4 Å². The van der Waals surface area contributed by atoms with Gasteiger partial charge in [-0.25, -0.2) is 8.42 Å². The van der Waals surface area contributed by atoms with Gasteiger partial charge in [-0.15, -0.1) is 4.40 Å². The molecule has 8 nitrogen and oxygen atoms in total. The fourth-order valence-corrected chi connectivity index (χ4v) is 5.67. The van der Waals surface area contributed by atoms with Gasteiger partial charge in [0, 0.05) is 5.69 Å². The average molecular weight is 503 g/mol. The molecule has 3 aromatic carbocycles. The summed E-state index contributed by atoms with van der Waals surface area (Å²) >= 11 is 0. The largest absolute Gasteiger partial charge is 0.506 e. The Kier molecular flexibility index (Phi) is 7.04. The summed E-state index contributed by atoms with van der Waals surface area (Å²) in [6.45, 7) is 6.58. The third-order valence-electron chi connectivity index (χ3n) is 5.38. The van der Waals surface area contributed by atoms with Crippen LogP contribution in [0.4, 0.5) is 5.69 Å². The molecule has 0 aliphatic rings. The summed E-state index contributed by atoms with van der Waals surface area (Å²) < 4.78 is 60.7. The van der Waals surface area contributed by atoms with Crippen LogP contribution in [-0.2, 0) is 19.9 Å². The first-order valence-corrected chi connectivity index (χ1v) is 13.2. The molecule has 0 amide bonds. The Balaban J connectivity index is 2.03. The molecule has 0 bridgehead atoms. The molecule has 0 saturated carbocycles. The van der Waals surface area contributed by atoms with Crippen LogP contribution in [0.3, 0.4) is 0 Å². The van der Waals surface area contributed by atoms with Crippen molar-refractivity contribution in [2.75, 3.05) is 12.4 Å². The van der Waals surface area contributed by atoms with Crippen molar-refractivity contribution in [1.82, 2.24) is 0 Å². The predicted molar refractivity (Wildman–Crippen MR) is 131 cm³/mol. The number of sulfonamides is 1. The molecule has 0 aromatic heterocycles. The van der Waals surface area contributed by atoms with E-state index in [0.29, 0.717) is 22.6 Å². The Bertz CT molecular complexity index is 1460. The molecule has 180 valence electrons. The van der Waals surface area contributed by atoms with Crippen LogP contribution >= 0.6 is 0 Å². The molecule has 3 aromatic rings. The van der Waals surface area contributed by atoms with Crippen molar-refractivity contribution in [1.29, 1.82) is 0 Å². The van der Waals surface area contributed by atoms with Gasteiger partial charge in [0.25, 0.3) is 10.0 Å². The lowest BCUT2D eigenvalue weighted by Gasteiger charge is -2.17. The number of aryl methyl sites for hydroxylation is 1. The number of sulfone groups is 1. The van der Waals surface area contributed by atoms with E-state index in [1.54, 1.807) is 26.0 Å². The first-order valence-electron chi connectivity index (χ1n) is 10.2. The van der Waals surface area contributed by atoms with Crippen molar-refractivity contribution in [3.05, 3.63) is 71.3 Å². The molecule has 3 rings (SSSR count). The Morgan fingerprint density at radius 2 is 1.44 bits per heavy atom. The van der Waals surface area contributed by atoms with Crippen LogP contribution in [0.15, 0.2) is 73.7 Å². The minimum absolute atomic E-state index is 0.0230. The van der Waals surface area contributed by atoms with Gasteiger partial charge >= 0.3 is 0 Å². The van der Waals surface area contributed by atoms with Gasteiger partial charge in [0.05, 0.1) is 16.9 Å². The van der Waals surface area contributed by atoms with Gasteiger partial charge < -0.3 is 15.2 Å². The van der Waals surface area contributed by atoms with Crippen LogP contribution < -0.4 is 10.1 Å². The number of methoxy groups -OCH3 is 1. The third-order valence-corrected chi connectivity index (χ3v) is 8.55. The summed E-state index contributed by atoms with van der Waals surface area (Å²) in [6.07, 6.45) is 0. The second-order valence-electron chi connectivity index (χ2n) is 7.79. The van der Waals surface area contributed by atoms with Gasteiger partial charge in [-0.1, -0.05) is 17.7 Å². The SMILES string of the molecule is COc1ccc(S(=O)(=O)c2cc(NC(C)=NS(=O)(=O)c3ccc(C)cc3)c(C)c(C)c2O)cc1. The Labute approximate surface area is 199 Å². The number of amidine groups is 1. The van der Waals surface area contributed by atoms with E-state index in [9.17, 15) is 21.9 Å².